The van der Waals surface area contributed by atoms with Crippen LogP contribution in [0.3, 0.4) is 0 Å². The fourth-order valence-electron chi connectivity index (χ4n) is 1.18. The van der Waals surface area contributed by atoms with Gasteiger partial charge < -0.3 is 0 Å². The van der Waals surface area contributed by atoms with E-state index in [9.17, 15) is 8.42 Å². The smallest absolute Gasteiger partial charge is 0.207 e. The summed E-state index contributed by atoms with van der Waals surface area (Å²) in [6.07, 6.45) is 1.78. The quantitative estimate of drug-likeness (QED) is 0.848. The number of sulfonamides is 1. The van der Waals surface area contributed by atoms with Gasteiger partial charge >= 0.3 is 0 Å². The van der Waals surface area contributed by atoms with Crippen molar-refractivity contribution in [2.24, 2.45) is 0 Å². The van der Waals surface area contributed by atoms with Crippen molar-refractivity contribution in [3.8, 4) is 0 Å². The number of hydrogen-bond donors (Lipinski definition) is 1. The second-order valence-electron chi connectivity index (χ2n) is 3.54. The molecule has 0 aliphatic carbocycles. The van der Waals surface area contributed by atoms with Gasteiger partial charge in [-0.3, -0.25) is 0 Å². The number of halogens is 1. The summed E-state index contributed by atoms with van der Waals surface area (Å²) >= 11 is 2.06. The maximum absolute atomic E-state index is 11.9. The van der Waals surface area contributed by atoms with E-state index >= 15 is 0 Å². The van der Waals surface area contributed by atoms with Crippen LogP contribution in [0, 0.1) is 6.92 Å². The summed E-state index contributed by atoms with van der Waals surface area (Å²) in [6, 6.07) is 6.58. The molecule has 0 radical (unpaired) electrons. The van der Waals surface area contributed by atoms with Gasteiger partial charge in [-0.15, -0.1) is 0 Å². The van der Waals surface area contributed by atoms with Crippen molar-refractivity contribution in [2.45, 2.75) is 24.8 Å². The van der Waals surface area contributed by atoms with Crippen LogP contribution >= 0.6 is 22.6 Å². The Kier molecular flexibility index (Phi) is 4.94. The van der Waals surface area contributed by atoms with Crippen molar-refractivity contribution in [2.75, 3.05) is 0 Å². The molecule has 0 heterocycles. The molecule has 0 saturated heterocycles. The highest BCUT2D eigenvalue weighted by molar-refractivity contribution is 14.1. The summed E-state index contributed by atoms with van der Waals surface area (Å²) in [5, 5.41) is 0. The average molecular weight is 351 g/mol. The van der Waals surface area contributed by atoms with Crippen LogP contribution in [0.1, 0.15) is 12.5 Å². The molecule has 0 fully saturated rings. The van der Waals surface area contributed by atoms with E-state index < -0.39 is 10.0 Å². The number of hydrogen-bond acceptors (Lipinski definition) is 2. The topological polar surface area (TPSA) is 46.2 Å². The van der Waals surface area contributed by atoms with Crippen LogP contribution in [0.5, 0.6) is 0 Å². The van der Waals surface area contributed by atoms with Crippen molar-refractivity contribution >= 4 is 32.6 Å². The maximum Gasteiger partial charge on any atom is 0.241 e. The fourth-order valence-corrected chi connectivity index (χ4v) is 3.00. The van der Waals surface area contributed by atoms with Crippen LogP contribution in [0.2, 0.25) is 0 Å². The number of rotatable bonds is 4. The van der Waals surface area contributed by atoms with E-state index in [1.807, 2.05) is 6.92 Å². The largest absolute Gasteiger partial charge is 0.241 e. The lowest BCUT2D eigenvalue weighted by atomic mass is 10.2. The molecule has 1 unspecified atom stereocenters. The maximum atomic E-state index is 11.9. The van der Waals surface area contributed by atoms with E-state index in [0.717, 1.165) is 5.56 Å². The minimum absolute atomic E-state index is 0.205. The van der Waals surface area contributed by atoms with Gasteiger partial charge in [-0.1, -0.05) is 46.4 Å². The van der Waals surface area contributed by atoms with Crippen LogP contribution < -0.4 is 4.72 Å². The summed E-state index contributed by atoms with van der Waals surface area (Å²) in [6.45, 7) is 3.71. The number of aryl methyl sites for hydroxylation is 1. The van der Waals surface area contributed by atoms with Crippen molar-refractivity contribution in [3.63, 3.8) is 0 Å². The molecule has 0 aromatic heterocycles. The molecule has 5 heteroatoms. The van der Waals surface area contributed by atoms with E-state index in [1.54, 1.807) is 41.3 Å². The molecular formula is C11H14INO2S. The van der Waals surface area contributed by atoms with E-state index in [1.165, 1.54) is 0 Å². The molecule has 16 heavy (non-hydrogen) atoms. The van der Waals surface area contributed by atoms with Crippen LogP contribution in [0.25, 0.3) is 0 Å². The molecule has 0 aliphatic rings. The lowest BCUT2D eigenvalue weighted by molar-refractivity contribution is 0.576. The Morgan fingerprint density at radius 3 is 2.38 bits per heavy atom. The van der Waals surface area contributed by atoms with E-state index in [0.29, 0.717) is 4.90 Å². The molecular weight excluding hydrogens is 337 g/mol. The second kappa shape index (κ2) is 5.79. The van der Waals surface area contributed by atoms with Crippen LogP contribution in [0.15, 0.2) is 39.3 Å². The standard InChI is InChI=1S/C11H14INO2S/c1-9-3-5-11(6-4-9)16(14,15)13-10(2)7-8-12/h3-8,10,13H,1-2H3/b8-7-. The molecule has 88 valence electrons. The summed E-state index contributed by atoms with van der Waals surface area (Å²) in [4.78, 5) is 0.298. The number of nitrogens with one attached hydrogen (secondary N) is 1. The first kappa shape index (κ1) is 13.7. The zero-order valence-corrected chi connectivity index (χ0v) is 12.1. The third-order valence-electron chi connectivity index (χ3n) is 2.03. The van der Waals surface area contributed by atoms with Crippen LogP contribution in [0.4, 0.5) is 0 Å². The molecule has 1 atom stereocenters. The normalized spacial score (nSPS) is 14.2. The first-order valence-electron chi connectivity index (χ1n) is 4.81. The molecule has 0 saturated carbocycles. The highest BCUT2D eigenvalue weighted by Crippen LogP contribution is 2.10. The molecule has 1 aromatic rings. The summed E-state index contributed by atoms with van der Waals surface area (Å²) in [7, 11) is -3.40. The van der Waals surface area contributed by atoms with Gasteiger partial charge in [0.15, 0.2) is 0 Å². The van der Waals surface area contributed by atoms with Crippen LogP contribution in [-0.2, 0) is 10.0 Å². The fraction of sp³-hybridized carbons (Fsp3) is 0.273. The predicted octanol–water partition coefficient (Wildman–Crippen LogP) is 2.61. The van der Waals surface area contributed by atoms with Crippen molar-refractivity contribution in [3.05, 3.63) is 40.0 Å². The zero-order valence-electron chi connectivity index (χ0n) is 9.14. The number of benzene rings is 1. The Bertz CT molecular complexity index is 465. The minimum atomic E-state index is -3.40. The highest BCUT2D eigenvalue weighted by Gasteiger charge is 2.15. The van der Waals surface area contributed by atoms with Gasteiger partial charge in [0.2, 0.25) is 10.0 Å². The van der Waals surface area contributed by atoms with Gasteiger partial charge in [-0.05, 0) is 30.1 Å². The molecule has 0 spiro atoms. The van der Waals surface area contributed by atoms with E-state index in [-0.39, 0.29) is 6.04 Å². The lowest BCUT2D eigenvalue weighted by Crippen LogP contribution is -2.31. The minimum Gasteiger partial charge on any atom is -0.207 e. The van der Waals surface area contributed by atoms with E-state index in [4.69, 9.17) is 0 Å². The van der Waals surface area contributed by atoms with Gasteiger partial charge in [-0.25, -0.2) is 13.1 Å². The summed E-state index contributed by atoms with van der Waals surface area (Å²) in [5.41, 5.74) is 1.04. The first-order chi connectivity index (χ1) is 7.45. The van der Waals surface area contributed by atoms with Gasteiger partial charge in [-0.2, -0.15) is 0 Å². The molecule has 0 bridgehead atoms. The Balaban J connectivity index is 2.90. The lowest BCUT2D eigenvalue weighted by Gasteiger charge is -2.10. The van der Waals surface area contributed by atoms with Crippen molar-refractivity contribution < 1.29 is 8.42 Å². The average Bonchev–Trinajstić information content (AvgIpc) is 2.17. The van der Waals surface area contributed by atoms with Gasteiger partial charge in [0.1, 0.15) is 0 Å². The Morgan fingerprint density at radius 2 is 1.88 bits per heavy atom. The Morgan fingerprint density at radius 1 is 1.31 bits per heavy atom. The molecule has 1 rings (SSSR count). The SMILES string of the molecule is Cc1ccc(S(=O)(=O)NC(C)/C=C\I)cc1. The van der Waals surface area contributed by atoms with Gasteiger partial charge in [0, 0.05) is 6.04 Å². The molecule has 0 aliphatic heterocycles. The molecule has 0 amide bonds. The second-order valence-corrected chi connectivity index (χ2v) is 5.97. The monoisotopic (exact) mass is 351 g/mol. The van der Waals surface area contributed by atoms with E-state index in [2.05, 4.69) is 27.3 Å². The third-order valence-corrected chi connectivity index (χ3v) is 4.02. The Labute approximate surface area is 110 Å². The first-order valence-corrected chi connectivity index (χ1v) is 7.54. The summed E-state index contributed by atoms with van der Waals surface area (Å²) in [5.74, 6) is 0. The van der Waals surface area contributed by atoms with Gasteiger partial charge in [0.05, 0.1) is 4.90 Å². The zero-order chi connectivity index (χ0) is 12.2. The van der Waals surface area contributed by atoms with Crippen LogP contribution in [-0.4, -0.2) is 14.5 Å². The van der Waals surface area contributed by atoms with Crippen molar-refractivity contribution in [1.82, 2.24) is 4.72 Å². The Hall–Kier alpha value is -0.400. The predicted molar refractivity (Wildman–Crippen MR) is 74.1 cm³/mol. The molecule has 1 aromatic carbocycles. The molecule has 3 nitrogen and oxygen atoms in total. The third kappa shape index (κ3) is 3.88. The van der Waals surface area contributed by atoms with Crippen molar-refractivity contribution in [1.29, 1.82) is 0 Å². The highest BCUT2D eigenvalue weighted by atomic mass is 127. The summed E-state index contributed by atoms with van der Waals surface area (Å²) < 4.78 is 28.1. The molecule has 1 N–H and O–H groups in total. The van der Waals surface area contributed by atoms with Gasteiger partial charge in [0.25, 0.3) is 0 Å².